The summed E-state index contributed by atoms with van der Waals surface area (Å²) in [5.74, 6) is 0. The van der Waals surface area contributed by atoms with Crippen molar-refractivity contribution in [2.75, 3.05) is 13.2 Å². The number of hydrazone groups is 1. The number of nitrogens with zero attached hydrogens (tertiary/aromatic N) is 1. The Morgan fingerprint density at radius 2 is 2.00 bits per heavy atom. The largest absolute Gasteiger partial charge is 0.375 e. The summed E-state index contributed by atoms with van der Waals surface area (Å²) < 4.78 is 23.2. The van der Waals surface area contributed by atoms with Crippen LogP contribution >= 0.6 is 19.8 Å². The summed E-state index contributed by atoms with van der Waals surface area (Å²) >= 11 is 4.67. The predicted molar refractivity (Wildman–Crippen MR) is 88.5 cm³/mol. The maximum atomic E-state index is 12.6. The summed E-state index contributed by atoms with van der Waals surface area (Å²) in [6, 6.07) is 7.42. The predicted octanol–water partition coefficient (Wildman–Crippen LogP) is 2.62. The van der Waals surface area contributed by atoms with Crippen molar-refractivity contribution >= 4 is 31.1 Å². The van der Waals surface area contributed by atoms with E-state index in [1.807, 2.05) is 24.3 Å². The fraction of sp³-hybridized carbons (Fsp3) is 0.385. The molecule has 8 heteroatoms. The van der Waals surface area contributed by atoms with Gasteiger partial charge in [-0.05, 0) is 37.2 Å². The minimum absolute atomic E-state index is 0.0815. The highest BCUT2D eigenvalue weighted by atomic mass is 32.1. The Morgan fingerprint density at radius 3 is 2.57 bits per heavy atom. The molecule has 0 saturated heterocycles. The Bertz CT molecular complexity index is 541. The van der Waals surface area contributed by atoms with E-state index in [9.17, 15) is 4.57 Å². The van der Waals surface area contributed by atoms with Gasteiger partial charge in [0.1, 0.15) is 0 Å². The first-order chi connectivity index (χ1) is 10.0. The molecule has 0 atom stereocenters. The molecule has 1 aromatic carbocycles. The van der Waals surface area contributed by atoms with Crippen molar-refractivity contribution in [1.29, 1.82) is 0 Å². The highest BCUT2D eigenvalue weighted by molar-refractivity contribution is 7.80. The van der Waals surface area contributed by atoms with Crippen LogP contribution in [0, 0.1) is 0 Å². The Balaban J connectivity index is 2.94. The number of thiocarbonyl (C=S) groups is 1. The maximum Gasteiger partial charge on any atom is 0.335 e. The van der Waals surface area contributed by atoms with Crippen molar-refractivity contribution in [3.63, 3.8) is 0 Å². The van der Waals surface area contributed by atoms with E-state index in [2.05, 4.69) is 22.7 Å². The molecule has 1 rings (SSSR count). The molecule has 0 amide bonds. The fourth-order valence-corrected chi connectivity index (χ4v) is 3.50. The quantitative estimate of drug-likeness (QED) is 0.330. The molecule has 0 unspecified atom stereocenters. The molecule has 0 heterocycles. The SMILES string of the molecule is CCOP(=O)(Cc1ccccc1C=NNC(N)=S)OCC. The van der Waals surface area contributed by atoms with Crippen molar-refractivity contribution < 1.29 is 13.6 Å². The zero-order valence-electron chi connectivity index (χ0n) is 12.1. The van der Waals surface area contributed by atoms with Gasteiger partial charge >= 0.3 is 7.60 Å². The lowest BCUT2D eigenvalue weighted by molar-refractivity contribution is 0.219. The van der Waals surface area contributed by atoms with Gasteiger partial charge in [-0.1, -0.05) is 24.3 Å². The first-order valence-electron chi connectivity index (χ1n) is 6.55. The van der Waals surface area contributed by atoms with Crippen molar-refractivity contribution in [2.24, 2.45) is 10.8 Å². The Hall–Kier alpha value is -1.27. The average molecular weight is 329 g/mol. The molecule has 21 heavy (non-hydrogen) atoms. The number of nitrogens with one attached hydrogen (secondary N) is 1. The smallest absolute Gasteiger partial charge is 0.335 e. The zero-order valence-corrected chi connectivity index (χ0v) is 13.8. The molecule has 0 aromatic heterocycles. The van der Waals surface area contributed by atoms with E-state index in [-0.39, 0.29) is 11.3 Å². The average Bonchev–Trinajstić information content (AvgIpc) is 2.40. The Labute approximate surface area is 130 Å². The molecule has 0 fully saturated rings. The van der Waals surface area contributed by atoms with Crippen molar-refractivity contribution in [3.8, 4) is 0 Å². The van der Waals surface area contributed by atoms with Gasteiger partial charge in [-0.25, -0.2) is 0 Å². The molecular weight excluding hydrogens is 309 g/mol. The molecule has 0 aliphatic heterocycles. The van der Waals surface area contributed by atoms with E-state index >= 15 is 0 Å². The van der Waals surface area contributed by atoms with Gasteiger partial charge in [0.05, 0.1) is 25.6 Å². The lowest BCUT2D eigenvalue weighted by Crippen LogP contribution is -2.24. The van der Waals surface area contributed by atoms with Gasteiger partial charge in [-0.15, -0.1) is 0 Å². The summed E-state index contributed by atoms with van der Waals surface area (Å²) in [6.45, 7) is 4.23. The molecule has 6 nitrogen and oxygen atoms in total. The van der Waals surface area contributed by atoms with Crippen LogP contribution < -0.4 is 11.2 Å². The third-order valence-electron chi connectivity index (χ3n) is 2.45. The van der Waals surface area contributed by atoms with Crippen LogP contribution in [0.1, 0.15) is 25.0 Å². The van der Waals surface area contributed by atoms with Gasteiger partial charge in [0.15, 0.2) is 5.11 Å². The monoisotopic (exact) mass is 329 g/mol. The molecule has 1 aromatic rings. The number of rotatable bonds is 8. The highest BCUT2D eigenvalue weighted by Crippen LogP contribution is 2.51. The zero-order chi connectivity index (χ0) is 15.7. The van der Waals surface area contributed by atoms with Crippen molar-refractivity contribution in [1.82, 2.24) is 5.43 Å². The third kappa shape index (κ3) is 6.35. The second-order valence-corrected chi connectivity index (χ2v) is 6.53. The second kappa shape index (κ2) is 8.89. The standard InChI is InChI=1S/C13H20N3O3PS/c1-3-18-20(17,19-4-2)10-12-8-6-5-7-11(12)9-15-16-13(14)21/h5-9H,3-4,10H2,1-2H3,(H3,14,16,21). The Kier molecular flexibility index (Phi) is 7.53. The Morgan fingerprint density at radius 1 is 1.38 bits per heavy atom. The molecule has 116 valence electrons. The van der Waals surface area contributed by atoms with Crippen LogP contribution in [0.15, 0.2) is 29.4 Å². The van der Waals surface area contributed by atoms with E-state index in [1.54, 1.807) is 20.1 Å². The van der Waals surface area contributed by atoms with Crippen LogP contribution in [0.3, 0.4) is 0 Å². The van der Waals surface area contributed by atoms with Gasteiger partial charge in [-0.2, -0.15) is 5.10 Å². The second-order valence-electron chi connectivity index (χ2n) is 4.04. The fourth-order valence-electron chi connectivity index (χ4n) is 1.70. The van der Waals surface area contributed by atoms with Crippen LogP contribution in [0.4, 0.5) is 0 Å². The lowest BCUT2D eigenvalue weighted by atomic mass is 10.1. The molecular formula is C13H20N3O3PS. The van der Waals surface area contributed by atoms with Gasteiger partial charge in [-0.3, -0.25) is 9.99 Å². The molecule has 0 saturated carbocycles. The summed E-state index contributed by atoms with van der Waals surface area (Å²) in [7, 11) is -3.15. The number of benzene rings is 1. The minimum atomic E-state index is -3.15. The molecule has 3 N–H and O–H groups in total. The van der Waals surface area contributed by atoms with E-state index in [0.29, 0.717) is 13.2 Å². The molecule has 0 spiro atoms. The van der Waals surface area contributed by atoms with E-state index in [4.69, 9.17) is 14.8 Å². The third-order valence-corrected chi connectivity index (χ3v) is 4.57. The van der Waals surface area contributed by atoms with Crippen molar-refractivity contribution in [3.05, 3.63) is 35.4 Å². The van der Waals surface area contributed by atoms with E-state index < -0.39 is 7.60 Å². The van der Waals surface area contributed by atoms with Crippen LogP contribution in [0.25, 0.3) is 0 Å². The number of hydrogen-bond donors (Lipinski definition) is 2. The number of nitrogens with two attached hydrogens (primary N) is 1. The van der Waals surface area contributed by atoms with Crippen molar-refractivity contribution in [2.45, 2.75) is 20.0 Å². The topological polar surface area (TPSA) is 85.9 Å². The van der Waals surface area contributed by atoms with Gasteiger partial charge in [0.2, 0.25) is 0 Å². The normalized spacial score (nSPS) is 11.7. The van der Waals surface area contributed by atoms with Crippen LogP contribution in [-0.2, 0) is 19.8 Å². The highest BCUT2D eigenvalue weighted by Gasteiger charge is 2.24. The van der Waals surface area contributed by atoms with Gasteiger partial charge < -0.3 is 14.8 Å². The number of hydrogen-bond acceptors (Lipinski definition) is 5. The van der Waals surface area contributed by atoms with Crippen LogP contribution in [0.5, 0.6) is 0 Å². The van der Waals surface area contributed by atoms with E-state index in [1.165, 1.54) is 0 Å². The summed E-state index contributed by atoms with van der Waals surface area (Å²) in [4.78, 5) is 0. The minimum Gasteiger partial charge on any atom is -0.375 e. The summed E-state index contributed by atoms with van der Waals surface area (Å²) in [5.41, 5.74) is 9.39. The summed E-state index contributed by atoms with van der Waals surface area (Å²) in [5, 5.41) is 3.99. The van der Waals surface area contributed by atoms with Crippen LogP contribution in [0.2, 0.25) is 0 Å². The first-order valence-corrected chi connectivity index (χ1v) is 8.69. The molecule has 0 bridgehead atoms. The lowest BCUT2D eigenvalue weighted by Gasteiger charge is -2.17. The molecule has 0 aliphatic carbocycles. The van der Waals surface area contributed by atoms with E-state index in [0.717, 1.165) is 11.1 Å². The molecule has 0 aliphatic rings. The first kappa shape index (κ1) is 17.8. The maximum absolute atomic E-state index is 12.6. The van der Waals surface area contributed by atoms with Gasteiger partial charge in [0.25, 0.3) is 0 Å². The van der Waals surface area contributed by atoms with Gasteiger partial charge in [0, 0.05) is 0 Å². The molecule has 0 radical (unpaired) electrons. The summed E-state index contributed by atoms with van der Waals surface area (Å²) in [6.07, 6.45) is 1.75. The van der Waals surface area contributed by atoms with Crippen LogP contribution in [-0.4, -0.2) is 24.5 Å².